The molecule has 0 spiro atoms. The van der Waals surface area contributed by atoms with E-state index < -0.39 is 29.7 Å². The van der Waals surface area contributed by atoms with Gasteiger partial charge in [0.1, 0.15) is 17.7 Å². The molecule has 2 amide bonds. The second kappa shape index (κ2) is 7.93. The molecule has 0 bridgehead atoms. The Hall–Kier alpha value is -2.57. The van der Waals surface area contributed by atoms with Crippen LogP contribution in [0.4, 0.5) is 4.79 Å². The number of carbonyl (C=O) groups is 3. The minimum Gasteiger partial charge on any atom is -0.467 e. The van der Waals surface area contributed by atoms with Gasteiger partial charge in [0.2, 0.25) is 5.91 Å². The molecule has 3 rings (SSSR count). The minimum absolute atomic E-state index is 0.00313. The van der Waals surface area contributed by atoms with Gasteiger partial charge in [0.15, 0.2) is 0 Å². The van der Waals surface area contributed by atoms with Gasteiger partial charge in [-0.05, 0) is 37.7 Å². The maximum atomic E-state index is 13.5. The van der Waals surface area contributed by atoms with Crippen LogP contribution in [0.3, 0.4) is 0 Å². The van der Waals surface area contributed by atoms with Crippen LogP contribution in [0.2, 0.25) is 0 Å². The van der Waals surface area contributed by atoms with E-state index in [1.807, 2.05) is 30.3 Å². The summed E-state index contributed by atoms with van der Waals surface area (Å²) in [7, 11) is 1.34. The van der Waals surface area contributed by atoms with E-state index in [2.05, 4.69) is 19.2 Å². The first kappa shape index (κ1) is 22.1. The molecule has 0 aromatic heterocycles. The lowest BCUT2D eigenvalue weighted by Gasteiger charge is -2.32. The van der Waals surface area contributed by atoms with Crippen molar-refractivity contribution in [1.82, 2.24) is 10.2 Å². The van der Waals surface area contributed by atoms with E-state index in [-0.39, 0.29) is 23.2 Å². The normalized spacial score (nSPS) is 25.1. The van der Waals surface area contributed by atoms with Crippen LogP contribution in [-0.2, 0) is 25.5 Å². The molecule has 164 valence electrons. The average molecular weight is 417 g/mol. The van der Waals surface area contributed by atoms with Gasteiger partial charge in [0, 0.05) is 18.9 Å². The first-order valence-corrected chi connectivity index (χ1v) is 10.4. The summed E-state index contributed by atoms with van der Waals surface area (Å²) in [5, 5.41) is 2.72. The van der Waals surface area contributed by atoms with Gasteiger partial charge < -0.3 is 19.7 Å². The highest BCUT2D eigenvalue weighted by atomic mass is 16.6. The Bertz CT molecular complexity index is 815. The summed E-state index contributed by atoms with van der Waals surface area (Å²) in [6, 6.07) is 8.00. The summed E-state index contributed by atoms with van der Waals surface area (Å²) in [5.41, 5.74) is 0.229. The number of ether oxygens (including phenoxy) is 2. The Morgan fingerprint density at radius 3 is 2.40 bits per heavy atom. The van der Waals surface area contributed by atoms with Gasteiger partial charge in [-0.25, -0.2) is 9.59 Å². The molecule has 1 saturated carbocycles. The van der Waals surface area contributed by atoms with Crippen molar-refractivity contribution in [3.63, 3.8) is 0 Å². The van der Waals surface area contributed by atoms with Crippen LogP contribution in [0.15, 0.2) is 30.3 Å². The van der Waals surface area contributed by atoms with Gasteiger partial charge in [0.25, 0.3) is 0 Å². The number of likely N-dealkylation sites (tertiary alicyclic amines) is 1. The molecule has 7 nitrogen and oxygen atoms in total. The first-order valence-electron chi connectivity index (χ1n) is 10.4. The van der Waals surface area contributed by atoms with Crippen LogP contribution in [0.5, 0.6) is 0 Å². The standard InChI is InChI=1S/C23H32N2O5/c1-22(2,3)30-21(28)24-16(12-14-10-8-7-9-11-14)19(26)25-13-15-17(23(15,4)5)18(25)20(27)29-6/h7-11,15-18H,12-13H2,1-6H3,(H,24,28)/t15-,16-,17-,18-/m0/s1. The first-order chi connectivity index (χ1) is 14.0. The number of nitrogens with one attached hydrogen (secondary N) is 1. The predicted octanol–water partition coefficient (Wildman–Crippen LogP) is 2.78. The zero-order valence-corrected chi connectivity index (χ0v) is 18.6. The second-order valence-corrected chi connectivity index (χ2v) is 9.80. The monoisotopic (exact) mass is 416 g/mol. The summed E-state index contributed by atoms with van der Waals surface area (Å²) in [4.78, 5) is 40.0. The van der Waals surface area contributed by atoms with Crippen molar-refractivity contribution in [2.24, 2.45) is 17.3 Å². The van der Waals surface area contributed by atoms with Crippen LogP contribution in [0.1, 0.15) is 40.2 Å². The van der Waals surface area contributed by atoms with Gasteiger partial charge in [0.05, 0.1) is 7.11 Å². The number of piperidine rings is 1. The van der Waals surface area contributed by atoms with Gasteiger partial charge in [-0.2, -0.15) is 0 Å². The van der Waals surface area contributed by atoms with E-state index in [0.717, 1.165) is 5.56 Å². The zero-order chi connectivity index (χ0) is 22.3. The molecular formula is C23H32N2O5. The lowest BCUT2D eigenvalue weighted by atomic mass is 9.99. The van der Waals surface area contributed by atoms with Gasteiger partial charge >= 0.3 is 12.1 Å². The third kappa shape index (κ3) is 4.45. The molecule has 1 aromatic rings. The summed E-state index contributed by atoms with van der Waals surface area (Å²) in [5.74, 6) is -0.363. The number of methoxy groups -OCH3 is 1. The Morgan fingerprint density at radius 2 is 1.83 bits per heavy atom. The van der Waals surface area contributed by atoms with E-state index in [9.17, 15) is 14.4 Å². The van der Waals surface area contributed by atoms with Crippen molar-refractivity contribution < 1.29 is 23.9 Å². The van der Waals surface area contributed by atoms with E-state index in [1.165, 1.54) is 7.11 Å². The molecular weight excluding hydrogens is 384 g/mol. The van der Waals surface area contributed by atoms with Crippen LogP contribution < -0.4 is 5.32 Å². The van der Waals surface area contributed by atoms with Gasteiger partial charge in [-0.3, -0.25) is 4.79 Å². The average Bonchev–Trinajstić information content (AvgIpc) is 3.01. The molecule has 30 heavy (non-hydrogen) atoms. The van der Waals surface area contributed by atoms with Crippen molar-refractivity contribution >= 4 is 18.0 Å². The number of carbonyl (C=O) groups excluding carboxylic acids is 3. The molecule has 1 heterocycles. The SMILES string of the molecule is COC(=O)[C@@H]1[C@@H]2[C@H](CN1C(=O)[C@H](Cc1ccccc1)NC(=O)OC(C)(C)C)C2(C)C. The largest absolute Gasteiger partial charge is 0.467 e. The molecule has 1 aliphatic heterocycles. The van der Waals surface area contributed by atoms with E-state index in [0.29, 0.717) is 13.0 Å². The Balaban J connectivity index is 1.82. The lowest BCUT2D eigenvalue weighted by Crippen LogP contribution is -2.55. The fourth-order valence-corrected chi connectivity index (χ4v) is 4.60. The smallest absolute Gasteiger partial charge is 0.408 e. The van der Waals surface area contributed by atoms with Crippen molar-refractivity contribution in [3.8, 4) is 0 Å². The summed E-state index contributed by atoms with van der Waals surface area (Å²) in [6.45, 7) is 10.0. The third-order valence-electron chi connectivity index (χ3n) is 6.21. The predicted molar refractivity (Wildman–Crippen MR) is 112 cm³/mol. The molecule has 1 aromatic carbocycles. The number of hydrogen-bond donors (Lipinski definition) is 1. The third-order valence-corrected chi connectivity index (χ3v) is 6.21. The number of benzene rings is 1. The Labute approximate surface area is 178 Å². The van der Waals surface area contributed by atoms with Crippen molar-refractivity contribution in [2.45, 2.75) is 58.7 Å². The highest BCUT2D eigenvalue weighted by molar-refractivity contribution is 5.91. The maximum Gasteiger partial charge on any atom is 0.408 e. The number of esters is 1. The summed E-state index contributed by atoms with van der Waals surface area (Å²) < 4.78 is 10.4. The van der Waals surface area contributed by atoms with Crippen molar-refractivity contribution in [1.29, 1.82) is 0 Å². The lowest BCUT2D eigenvalue weighted by molar-refractivity contribution is -0.153. The maximum absolute atomic E-state index is 13.5. The summed E-state index contributed by atoms with van der Waals surface area (Å²) >= 11 is 0. The number of rotatable bonds is 5. The zero-order valence-electron chi connectivity index (χ0n) is 18.6. The number of nitrogens with zero attached hydrogens (tertiary/aromatic N) is 1. The molecule has 0 unspecified atom stereocenters. The molecule has 0 radical (unpaired) electrons. The van der Waals surface area contributed by atoms with Crippen molar-refractivity contribution in [2.75, 3.05) is 13.7 Å². The fourth-order valence-electron chi connectivity index (χ4n) is 4.60. The topological polar surface area (TPSA) is 84.9 Å². The summed E-state index contributed by atoms with van der Waals surface area (Å²) in [6.07, 6.45) is -0.349. The van der Waals surface area contributed by atoms with Gasteiger partial charge in [-0.15, -0.1) is 0 Å². The van der Waals surface area contributed by atoms with Crippen LogP contribution in [0.25, 0.3) is 0 Å². The number of hydrogen-bond acceptors (Lipinski definition) is 5. The highest BCUT2D eigenvalue weighted by Crippen LogP contribution is 2.65. The fraction of sp³-hybridized carbons (Fsp3) is 0.609. The Kier molecular flexibility index (Phi) is 5.85. The van der Waals surface area contributed by atoms with Crippen LogP contribution >= 0.6 is 0 Å². The van der Waals surface area contributed by atoms with Gasteiger partial charge in [-0.1, -0.05) is 44.2 Å². The van der Waals surface area contributed by atoms with E-state index in [1.54, 1.807) is 25.7 Å². The van der Waals surface area contributed by atoms with Crippen LogP contribution in [-0.4, -0.2) is 54.2 Å². The number of alkyl carbamates (subject to hydrolysis) is 1. The highest BCUT2D eigenvalue weighted by Gasteiger charge is 2.70. The molecule has 1 N–H and O–H groups in total. The molecule has 1 saturated heterocycles. The Morgan fingerprint density at radius 1 is 1.20 bits per heavy atom. The van der Waals surface area contributed by atoms with Crippen LogP contribution in [0, 0.1) is 17.3 Å². The molecule has 4 atom stereocenters. The van der Waals surface area contributed by atoms with Crippen molar-refractivity contribution in [3.05, 3.63) is 35.9 Å². The molecule has 2 aliphatic rings. The number of amides is 2. The van der Waals surface area contributed by atoms with E-state index >= 15 is 0 Å². The second-order valence-electron chi connectivity index (χ2n) is 9.80. The molecule has 1 aliphatic carbocycles. The van der Waals surface area contributed by atoms with E-state index in [4.69, 9.17) is 9.47 Å². The molecule has 2 fully saturated rings. The minimum atomic E-state index is -0.838. The number of fused-ring (bicyclic) bond motifs is 1. The molecule has 7 heteroatoms. The quantitative estimate of drug-likeness (QED) is 0.746.